The molecule has 0 unspecified atom stereocenters. The smallest absolute Gasteiger partial charge is 0.0784 e. The molecule has 0 radical (unpaired) electrons. The van der Waals surface area contributed by atoms with Gasteiger partial charge in [-0.05, 0) is 32.1 Å². The molecule has 0 rings (SSSR count). The Hall–Kier alpha value is -0.0400. The van der Waals surface area contributed by atoms with Crippen LogP contribution in [0, 0.1) is 0 Å². The summed E-state index contributed by atoms with van der Waals surface area (Å²) in [5.41, 5.74) is 0. The minimum Gasteiger partial charge on any atom is -0.326 e. The van der Waals surface area contributed by atoms with Gasteiger partial charge in [-0.15, -0.1) is 0 Å². The first-order chi connectivity index (χ1) is 7.68. The van der Waals surface area contributed by atoms with Gasteiger partial charge in [0.15, 0.2) is 0 Å². The Bertz CT molecular complexity index is 132. The Labute approximate surface area is 104 Å². The van der Waals surface area contributed by atoms with Crippen molar-refractivity contribution < 1.29 is 4.48 Å². The van der Waals surface area contributed by atoms with E-state index in [1.165, 1.54) is 75.5 Å². The summed E-state index contributed by atoms with van der Waals surface area (Å²) < 4.78 is 1.33. The summed E-state index contributed by atoms with van der Waals surface area (Å²) >= 11 is 0. The third-order valence-electron chi connectivity index (χ3n) is 3.65. The number of hydrogen-bond donors (Lipinski definition) is 0. The number of unbranched alkanes of at least 4 members (excludes halogenated alkanes) is 5. The van der Waals surface area contributed by atoms with Gasteiger partial charge >= 0.3 is 0 Å². The number of quaternary nitrogens is 1. The predicted molar refractivity (Wildman–Crippen MR) is 74.7 cm³/mol. The maximum absolute atomic E-state index is 2.47. The zero-order chi connectivity index (χ0) is 12.3. The lowest BCUT2D eigenvalue weighted by Gasteiger charge is -2.35. The van der Waals surface area contributed by atoms with E-state index in [1.54, 1.807) is 0 Å². The van der Waals surface area contributed by atoms with Gasteiger partial charge in [0.05, 0.1) is 26.7 Å². The van der Waals surface area contributed by atoms with Crippen molar-refractivity contribution in [2.45, 2.75) is 72.1 Å². The number of nitrogens with zero attached hydrogens (tertiary/aromatic N) is 1. The lowest BCUT2D eigenvalue weighted by atomic mass is 10.1. The summed E-state index contributed by atoms with van der Waals surface area (Å²) in [6.45, 7) is 11.1. The molecular formula is C15H34N+. The van der Waals surface area contributed by atoms with Crippen LogP contribution in [-0.4, -0.2) is 31.2 Å². The molecule has 0 aliphatic carbocycles. The molecule has 0 fully saturated rings. The van der Waals surface area contributed by atoms with E-state index in [-0.39, 0.29) is 0 Å². The van der Waals surface area contributed by atoms with Crippen LogP contribution in [0.4, 0.5) is 0 Å². The third-order valence-corrected chi connectivity index (χ3v) is 3.65. The molecule has 0 atom stereocenters. The van der Waals surface area contributed by atoms with Gasteiger partial charge in [0.2, 0.25) is 0 Å². The molecule has 0 saturated heterocycles. The second kappa shape index (κ2) is 10.1. The summed E-state index contributed by atoms with van der Waals surface area (Å²) in [5.74, 6) is 0. The van der Waals surface area contributed by atoms with Gasteiger partial charge in [0.1, 0.15) is 0 Å². The van der Waals surface area contributed by atoms with E-state index in [1.807, 2.05) is 0 Å². The molecular weight excluding hydrogens is 194 g/mol. The van der Waals surface area contributed by atoms with Gasteiger partial charge < -0.3 is 4.48 Å². The van der Waals surface area contributed by atoms with Gasteiger partial charge in [-0.3, -0.25) is 0 Å². The number of hydrogen-bond acceptors (Lipinski definition) is 0. The normalized spacial score (nSPS) is 12.0. The Morgan fingerprint density at radius 2 is 0.938 bits per heavy atom. The van der Waals surface area contributed by atoms with Crippen LogP contribution in [0.3, 0.4) is 0 Å². The molecule has 0 aromatic carbocycles. The van der Waals surface area contributed by atoms with Crippen LogP contribution in [0.1, 0.15) is 72.1 Å². The fourth-order valence-electron chi connectivity index (χ4n) is 2.36. The van der Waals surface area contributed by atoms with E-state index in [9.17, 15) is 0 Å². The second-order valence-corrected chi connectivity index (χ2v) is 5.56. The fraction of sp³-hybridized carbons (Fsp3) is 1.00. The lowest BCUT2D eigenvalue weighted by Crippen LogP contribution is -2.46. The molecule has 0 spiro atoms. The van der Waals surface area contributed by atoms with Crippen molar-refractivity contribution in [2.75, 3.05) is 26.7 Å². The quantitative estimate of drug-likeness (QED) is 0.358. The molecule has 0 N–H and O–H groups in total. The highest BCUT2D eigenvalue weighted by molar-refractivity contribution is 4.46. The minimum absolute atomic E-state index is 1.33. The first kappa shape index (κ1) is 16.0. The summed E-state index contributed by atoms with van der Waals surface area (Å²) in [7, 11) is 2.47. The van der Waals surface area contributed by atoms with Gasteiger partial charge in [-0.2, -0.15) is 0 Å². The predicted octanol–water partition coefficient (Wildman–Crippen LogP) is 4.61. The standard InChI is InChI=1S/C15H34N/c1-5-8-11-14-16(4,13-10-7-3)15-12-9-6-2/h5-15H2,1-4H3/q+1. The maximum Gasteiger partial charge on any atom is 0.0784 e. The van der Waals surface area contributed by atoms with E-state index in [0.29, 0.717) is 0 Å². The summed E-state index contributed by atoms with van der Waals surface area (Å²) in [4.78, 5) is 0. The Morgan fingerprint density at radius 3 is 1.31 bits per heavy atom. The van der Waals surface area contributed by atoms with Crippen LogP contribution in [-0.2, 0) is 0 Å². The summed E-state index contributed by atoms with van der Waals surface area (Å²) in [6.07, 6.45) is 11.1. The van der Waals surface area contributed by atoms with Crippen molar-refractivity contribution in [2.24, 2.45) is 0 Å². The molecule has 0 aromatic heterocycles. The first-order valence-electron chi connectivity index (χ1n) is 7.52. The topological polar surface area (TPSA) is 0 Å². The van der Waals surface area contributed by atoms with Crippen LogP contribution >= 0.6 is 0 Å². The van der Waals surface area contributed by atoms with Crippen LogP contribution in [0.25, 0.3) is 0 Å². The van der Waals surface area contributed by atoms with Crippen LogP contribution < -0.4 is 0 Å². The van der Waals surface area contributed by atoms with Crippen molar-refractivity contribution in [1.82, 2.24) is 0 Å². The second-order valence-electron chi connectivity index (χ2n) is 5.56. The van der Waals surface area contributed by atoms with E-state index >= 15 is 0 Å². The van der Waals surface area contributed by atoms with Crippen molar-refractivity contribution in [1.29, 1.82) is 0 Å². The highest BCUT2D eigenvalue weighted by Gasteiger charge is 2.19. The molecule has 0 aliphatic heterocycles. The van der Waals surface area contributed by atoms with Crippen molar-refractivity contribution >= 4 is 0 Å². The van der Waals surface area contributed by atoms with E-state index in [2.05, 4.69) is 27.8 Å². The lowest BCUT2D eigenvalue weighted by molar-refractivity contribution is -0.910. The highest BCUT2D eigenvalue weighted by atomic mass is 15.3. The SMILES string of the molecule is CCCCC[N+](C)(CCCC)CCCCC. The molecule has 1 nitrogen and oxygen atoms in total. The van der Waals surface area contributed by atoms with Crippen molar-refractivity contribution in [3.05, 3.63) is 0 Å². The van der Waals surface area contributed by atoms with E-state index < -0.39 is 0 Å². The zero-order valence-corrected chi connectivity index (χ0v) is 12.2. The first-order valence-corrected chi connectivity index (χ1v) is 7.52. The average molecular weight is 228 g/mol. The average Bonchev–Trinajstić information content (AvgIpc) is 2.27. The van der Waals surface area contributed by atoms with Crippen LogP contribution in [0.2, 0.25) is 0 Å². The highest BCUT2D eigenvalue weighted by Crippen LogP contribution is 2.12. The molecule has 0 saturated carbocycles. The minimum atomic E-state index is 1.33. The zero-order valence-electron chi connectivity index (χ0n) is 12.2. The Morgan fingerprint density at radius 1 is 0.562 bits per heavy atom. The number of rotatable bonds is 11. The van der Waals surface area contributed by atoms with Crippen molar-refractivity contribution in [3.8, 4) is 0 Å². The summed E-state index contributed by atoms with van der Waals surface area (Å²) in [5, 5.41) is 0. The van der Waals surface area contributed by atoms with Gasteiger partial charge in [0.25, 0.3) is 0 Å². The van der Waals surface area contributed by atoms with E-state index in [0.717, 1.165) is 0 Å². The molecule has 0 aliphatic rings. The molecule has 0 aromatic rings. The largest absolute Gasteiger partial charge is 0.326 e. The van der Waals surface area contributed by atoms with Crippen LogP contribution in [0.5, 0.6) is 0 Å². The molecule has 0 bridgehead atoms. The van der Waals surface area contributed by atoms with Gasteiger partial charge in [-0.25, -0.2) is 0 Å². The maximum atomic E-state index is 2.47. The molecule has 0 heterocycles. The molecule has 1 heteroatoms. The van der Waals surface area contributed by atoms with E-state index in [4.69, 9.17) is 0 Å². The Balaban J connectivity index is 3.91. The monoisotopic (exact) mass is 228 g/mol. The molecule has 98 valence electrons. The third kappa shape index (κ3) is 8.15. The van der Waals surface area contributed by atoms with Crippen molar-refractivity contribution in [3.63, 3.8) is 0 Å². The summed E-state index contributed by atoms with van der Waals surface area (Å²) in [6, 6.07) is 0. The fourth-order valence-corrected chi connectivity index (χ4v) is 2.36. The Kier molecular flexibility index (Phi) is 10.1. The van der Waals surface area contributed by atoms with Crippen LogP contribution in [0.15, 0.2) is 0 Å². The van der Waals surface area contributed by atoms with Gasteiger partial charge in [0, 0.05) is 0 Å². The molecule has 16 heavy (non-hydrogen) atoms. The van der Waals surface area contributed by atoms with Gasteiger partial charge in [-0.1, -0.05) is 40.0 Å². The molecule has 0 amide bonds.